The zero-order valence-corrected chi connectivity index (χ0v) is 30.8. The van der Waals surface area contributed by atoms with Gasteiger partial charge in [0.05, 0.1) is 12.7 Å². The molecular formula is C39H63O9P. The van der Waals surface area contributed by atoms with Gasteiger partial charge in [-0.3, -0.25) is 14.1 Å². The first kappa shape index (κ1) is 46.2. The van der Waals surface area contributed by atoms with Gasteiger partial charge in [0.1, 0.15) is 6.61 Å². The molecular weight excluding hydrogens is 643 g/mol. The van der Waals surface area contributed by atoms with Crippen LogP contribution in [0.2, 0.25) is 0 Å². The summed E-state index contributed by atoms with van der Waals surface area (Å²) >= 11 is 0. The number of hydrogen-bond donors (Lipinski definition) is 3. The van der Waals surface area contributed by atoms with Gasteiger partial charge in [0.2, 0.25) is 0 Å². The largest absolute Gasteiger partial charge is 0.469 e. The number of phosphoric acid groups is 1. The lowest BCUT2D eigenvalue weighted by molar-refractivity contribution is -0.161. The zero-order valence-electron chi connectivity index (χ0n) is 29.9. The molecule has 0 rings (SSSR count). The highest BCUT2D eigenvalue weighted by molar-refractivity contribution is 7.46. The van der Waals surface area contributed by atoms with E-state index < -0.39 is 45.2 Å². The second-order valence-electron chi connectivity index (χ2n) is 11.7. The summed E-state index contributed by atoms with van der Waals surface area (Å²) in [5.41, 5.74) is 0. The van der Waals surface area contributed by atoms with Gasteiger partial charge in [-0.1, -0.05) is 131 Å². The van der Waals surface area contributed by atoms with Crippen LogP contribution in [0.4, 0.5) is 0 Å². The fourth-order valence-corrected chi connectivity index (χ4v) is 4.65. The summed E-state index contributed by atoms with van der Waals surface area (Å²) in [5, 5.41) is 10.1. The molecule has 0 aromatic rings. The highest BCUT2D eigenvalue weighted by Crippen LogP contribution is 2.35. The van der Waals surface area contributed by atoms with Crippen LogP contribution in [0.15, 0.2) is 85.1 Å². The van der Waals surface area contributed by atoms with Crippen molar-refractivity contribution < 1.29 is 43.0 Å². The molecule has 9 nitrogen and oxygen atoms in total. The molecule has 0 spiro atoms. The quantitative estimate of drug-likeness (QED) is 0.0211. The van der Waals surface area contributed by atoms with E-state index in [-0.39, 0.29) is 19.3 Å². The molecule has 0 aliphatic carbocycles. The first-order valence-electron chi connectivity index (χ1n) is 18.0. The molecule has 10 heteroatoms. The molecule has 278 valence electrons. The lowest BCUT2D eigenvalue weighted by Gasteiger charge is -2.18. The number of aliphatic hydroxyl groups excluding tert-OH is 1. The topological polar surface area (TPSA) is 140 Å². The van der Waals surface area contributed by atoms with E-state index in [0.29, 0.717) is 6.42 Å². The lowest BCUT2D eigenvalue weighted by Crippen LogP contribution is -2.29. The summed E-state index contributed by atoms with van der Waals surface area (Å²) in [6.07, 6.45) is 40.7. The Morgan fingerprint density at radius 1 is 0.653 bits per heavy atom. The maximum absolute atomic E-state index is 12.3. The molecule has 0 aromatic carbocycles. The van der Waals surface area contributed by atoms with Crippen LogP contribution >= 0.6 is 7.82 Å². The molecule has 3 N–H and O–H groups in total. The number of ether oxygens (including phenoxy) is 2. The SMILES string of the molecule is CC/C=C\C/C=C\C/C=C\C/C=C\C/C=C\C=C/C(O)CCC(=O)OC[C@H](COP(=O)(O)O)OC(=O)CCCCCCC/C=C\CCCC. The molecule has 49 heavy (non-hydrogen) atoms. The first-order valence-corrected chi connectivity index (χ1v) is 19.5. The molecule has 0 saturated heterocycles. The number of aliphatic hydroxyl groups is 1. The highest BCUT2D eigenvalue weighted by atomic mass is 31.2. The predicted molar refractivity (Wildman–Crippen MR) is 199 cm³/mol. The second-order valence-corrected chi connectivity index (χ2v) is 12.9. The molecule has 0 aromatic heterocycles. The predicted octanol–water partition coefficient (Wildman–Crippen LogP) is 9.48. The Morgan fingerprint density at radius 3 is 1.84 bits per heavy atom. The number of rotatable bonds is 31. The maximum Gasteiger partial charge on any atom is 0.469 e. The smallest absolute Gasteiger partial charge is 0.462 e. The molecule has 1 unspecified atom stereocenters. The number of carbonyl (C=O) groups excluding carboxylic acids is 2. The van der Waals surface area contributed by atoms with E-state index in [4.69, 9.17) is 19.3 Å². The van der Waals surface area contributed by atoms with Gasteiger partial charge in [-0.25, -0.2) is 4.57 Å². The van der Waals surface area contributed by atoms with Crippen molar-refractivity contribution in [1.29, 1.82) is 0 Å². The van der Waals surface area contributed by atoms with Crippen LogP contribution in [0.25, 0.3) is 0 Å². The molecule has 0 aliphatic heterocycles. The van der Waals surface area contributed by atoms with Crippen LogP contribution in [0.5, 0.6) is 0 Å². The summed E-state index contributed by atoms with van der Waals surface area (Å²) in [4.78, 5) is 42.6. The fraction of sp³-hybridized carbons (Fsp3) is 0.590. The molecule has 0 bridgehead atoms. The number of unbranched alkanes of at least 4 members (excludes halogenated alkanes) is 7. The fourth-order valence-electron chi connectivity index (χ4n) is 4.28. The average molecular weight is 707 g/mol. The Kier molecular flexibility index (Phi) is 31.7. The highest BCUT2D eigenvalue weighted by Gasteiger charge is 2.23. The number of phosphoric ester groups is 1. The van der Waals surface area contributed by atoms with Gasteiger partial charge < -0.3 is 24.4 Å². The van der Waals surface area contributed by atoms with Crippen molar-refractivity contribution in [3.8, 4) is 0 Å². The number of hydrogen-bond acceptors (Lipinski definition) is 7. The minimum Gasteiger partial charge on any atom is -0.462 e. The van der Waals surface area contributed by atoms with E-state index in [1.807, 2.05) is 12.2 Å². The van der Waals surface area contributed by atoms with Crippen LogP contribution in [-0.2, 0) is 28.2 Å². The van der Waals surface area contributed by atoms with Gasteiger partial charge in [-0.15, -0.1) is 0 Å². The number of carbonyl (C=O) groups is 2. The molecule has 0 saturated carbocycles. The van der Waals surface area contributed by atoms with E-state index >= 15 is 0 Å². The second kappa shape index (κ2) is 33.7. The zero-order chi connectivity index (χ0) is 36.3. The van der Waals surface area contributed by atoms with Crippen molar-refractivity contribution >= 4 is 19.8 Å². The van der Waals surface area contributed by atoms with E-state index in [1.54, 1.807) is 12.2 Å². The summed E-state index contributed by atoms with van der Waals surface area (Å²) in [6.45, 7) is 3.27. The Labute approximate surface area is 295 Å². The van der Waals surface area contributed by atoms with Crippen molar-refractivity contribution in [3.63, 3.8) is 0 Å². The van der Waals surface area contributed by atoms with Gasteiger partial charge in [0, 0.05) is 12.8 Å². The molecule has 0 aliphatic rings. The van der Waals surface area contributed by atoms with Gasteiger partial charge in [-0.2, -0.15) is 0 Å². The third-order valence-corrected chi connectivity index (χ3v) is 7.50. The van der Waals surface area contributed by atoms with Crippen molar-refractivity contribution in [2.24, 2.45) is 0 Å². The molecule has 2 atom stereocenters. The standard InChI is InChI=1S/C39H63O9P/c1-3-5-7-9-11-13-15-16-17-18-19-21-22-24-26-28-30-36(40)32-33-38(41)46-34-37(35-47-49(43,44)45)48-39(42)31-29-27-25-23-20-14-12-10-8-6-4-2/h5,7,10-13,16-17,19,21,24,26,28,30,36-37,40H,3-4,6,8-9,14-15,18,20,22-23,25,27,29,31-35H2,1-2H3,(H2,43,44,45)/b7-5-,12-10-,13-11-,17-16-,21-19-,26-24-,30-28-/t36?,37-/m1/s1. The summed E-state index contributed by atoms with van der Waals surface area (Å²) in [6, 6.07) is 0. The third kappa shape index (κ3) is 36.3. The van der Waals surface area contributed by atoms with Crippen LogP contribution < -0.4 is 0 Å². The lowest BCUT2D eigenvalue weighted by atomic mass is 10.1. The number of allylic oxidation sites excluding steroid dienone is 13. The van der Waals surface area contributed by atoms with E-state index in [9.17, 15) is 19.3 Å². The Morgan fingerprint density at radius 2 is 1.22 bits per heavy atom. The molecule has 0 amide bonds. The van der Waals surface area contributed by atoms with Gasteiger partial charge in [0.25, 0.3) is 0 Å². The monoisotopic (exact) mass is 706 g/mol. The average Bonchev–Trinajstić information content (AvgIpc) is 3.06. The summed E-state index contributed by atoms with van der Waals surface area (Å²) < 4.78 is 26.1. The van der Waals surface area contributed by atoms with Crippen LogP contribution in [0, 0.1) is 0 Å². The number of esters is 2. The van der Waals surface area contributed by atoms with Crippen molar-refractivity contribution in [3.05, 3.63) is 85.1 Å². The third-order valence-electron chi connectivity index (χ3n) is 7.02. The van der Waals surface area contributed by atoms with Crippen molar-refractivity contribution in [2.75, 3.05) is 13.2 Å². The summed E-state index contributed by atoms with van der Waals surface area (Å²) in [5.74, 6) is -1.19. The Bertz CT molecular complexity index is 1080. The Hall–Kier alpha value is -2.81. The Balaban J connectivity index is 4.27. The van der Waals surface area contributed by atoms with E-state index in [2.05, 4.69) is 79.1 Å². The van der Waals surface area contributed by atoms with Gasteiger partial charge in [-0.05, 0) is 64.2 Å². The molecule has 0 fully saturated rings. The molecule has 0 radical (unpaired) electrons. The van der Waals surface area contributed by atoms with Crippen molar-refractivity contribution in [2.45, 2.75) is 135 Å². The van der Waals surface area contributed by atoms with E-state index in [1.165, 1.54) is 12.8 Å². The minimum atomic E-state index is -4.81. The molecule has 0 heterocycles. The van der Waals surface area contributed by atoms with Crippen LogP contribution in [0.1, 0.15) is 123 Å². The summed E-state index contributed by atoms with van der Waals surface area (Å²) in [7, 11) is -4.81. The van der Waals surface area contributed by atoms with Gasteiger partial charge >= 0.3 is 19.8 Å². The maximum atomic E-state index is 12.3. The minimum absolute atomic E-state index is 0.0915. The first-order chi connectivity index (χ1) is 23.7. The normalized spacial score (nSPS) is 14.1. The van der Waals surface area contributed by atoms with Crippen molar-refractivity contribution in [1.82, 2.24) is 0 Å². The van der Waals surface area contributed by atoms with Crippen LogP contribution in [0.3, 0.4) is 0 Å². The van der Waals surface area contributed by atoms with Crippen LogP contribution in [-0.4, -0.2) is 52.3 Å². The van der Waals surface area contributed by atoms with E-state index in [0.717, 1.165) is 70.6 Å². The van der Waals surface area contributed by atoms with Gasteiger partial charge in [0.15, 0.2) is 6.10 Å².